The van der Waals surface area contributed by atoms with Crippen molar-refractivity contribution < 1.29 is 24.3 Å². The van der Waals surface area contributed by atoms with Crippen LogP contribution in [0, 0.1) is 0 Å². The monoisotopic (exact) mass is 372 g/mol. The molecule has 2 heterocycles. The summed E-state index contributed by atoms with van der Waals surface area (Å²) in [5.41, 5.74) is 2.05. The molecule has 7 nitrogen and oxygen atoms in total. The largest absolute Gasteiger partial charge is 0.493 e. The van der Waals surface area contributed by atoms with Crippen molar-refractivity contribution in [1.82, 2.24) is 9.97 Å². The van der Waals surface area contributed by atoms with Gasteiger partial charge in [0.1, 0.15) is 0 Å². The normalized spacial score (nSPS) is 17.8. The summed E-state index contributed by atoms with van der Waals surface area (Å²) in [6.45, 7) is 4.68. The zero-order chi connectivity index (χ0) is 19.4. The van der Waals surface area contributed by atoms with Gasteiger partial charge in [0.2, 0.25) is 0 Å². The highest BCUT2D eigenvalue weighted by atomic mass is 16.5. The minimum absolute atomic E-state index is 0.0340. The lowest BCUT2D eigenvalue weighted by atomic mass is 9.81. The summed E-state index contributed by atoms with van der Waals surface area (Å²) in [5.74, 6) is 1.73. The highest BCUT2D eigenvalue weighted by Gasteiger charge is 2.31. The van der Waals surface area contributed by atoms with Crippen LogP contribution in [0.15, 0.2) is 24.3 Å². The van der Waals surface area contributed by atoms with E-state index in [0.29, 0.717) is 42.6 Å². The molecule has 3 rings (SSSR count). The predicted octanol–water partition coefficient (Wildman–Crippen LogP) is 2.59. The number of aromatic nitrogens is 2. The molecule has 0 amide bonds. The Morgan fingerprint density at radius 2 is 2.11 bits per heavy atom. The first-order valence-electron chi connectivity index (χ1n) is 9.19. The molecule has 2 aromatic rings. The summed E-state index contributed by atoms with van der Waals surface area (Å²) in [4.78, 5) is 9.18. The van der Waals surface area contributed by atoms with Crippen LogP contribution >= 0.6 is 0 Å². The molecule has 8 heteroatoms. The van der Waals surface area contributed by atoms with Crippen LogP contribution in [-0.4, -0.2) is 47.5 Å². The van der Waals surface area contributed by atoms with Crippen LogP contribution in [0.25, 0.3) is 11.4 Å². The van der Waals surface area contributed by atoms with E-state index in [2.05, 4.69) is 9.97 Å². The fourth-order valence-corrected chi connectivity index (χ4v) is 2.99. The molecule has 144 valence electrons. The Balaban J connectivity index is 2.01. The molecule has 2 atom stereocenters. The fourth-order valence-electron chi connectivity index (χ4n) is 2.99. The first kappa shape index (κ1) is 19.6. The van der Waals surface area contributed by atoms with Crippen LogP contribution in [0.5, 0.6) is 11.5 Å². The molecular weight excluding hydrogens is 347 g/mol. The average Bonchev–Trinajstić information content (AvgIpc) is 3.12. The minimum Gasteiger partial charge on any atom is -0.493 e. The molecule has 1 aromatic heterocycles. The van der Waals surface area contributed by atoms with Gasteiger partial charge in [-0.15, -0.1) is 0 Å². The number of hydrogen-bond donors (Lipinski definition) is 2. The molecule has 1 aromatic carbocycles. The summed E-state index contributed by atoms with van der Waals surface area (Å²) < 4.78 is 16.4. The number of benzene rings is 1. The number of aliphatic hydroxyl groups is 1. The van der Waals surface area contributed by atoms with Crippen molar-refractivity contribution in [2.45, 2.75) is 38.6 Å². The molecular formula is C19H25BN2O5. The number of nitrogens with zero attached hydrogens (tertiary/aromatic N) is 2. The SMILES string of the molecule is CCCOc1cc(-c2nc(C(C)O)cc(C3COB(O)C3)n2)ccc1OC. The Morgan fingerprint density at radius 1 is 1.30 bits per heavy atom. The van der Waals surface area contributed by atoms with Gasteiger partial charge in [-0.25, -0.2) is 9.97 Å². The number of rotatable bonds is 7. The van der Waals surface area contributed by atoms with E-state index in [4.69, 9.17) is 14.1 Å². The topological polar surface area (TPSA) is 93.9 Å². The van der Waals surface area contributed by atoms with Crippen LogP contribution in [0.3, 0.4) is 0 Å². The second-order valence-electron chi connectivity index (χ2n) is 6.65. The Hall–Kier alpha value is -2.16. The van der Waals surface area contributed by atoms with Crippen molar-refractivity contribution >= 4 is 7.12 Å². The van der Waals surface area contributed by atoms with Crippen molar-refractivity contribution in [1.29, 1.82) is 0 Å². The summed E-state index contributed by atoms with van der Waals surface area (Å²) in [6.07, 6.45) is 0.630. The maximum absolute atomic E-state index is 10.1. The lowest BCUT2D eigenvalue weighted by Crippen LogP contribution is -2.09. The zero-order valence-electron chi connectivity index (χ0n) is 15.9. The van der Waals surface area contributed by atoms with Crippen molar-refractivity contribution in [3.05, 3.63) is 35.7 Å². The minimum atomic E-state index is -0.779. The van der Waals surface area contributed by atoms with Gasteiger partial charge in [-0.05, 0) is 43.9 Å². The first-order chi connectivity index (χ1) is 13.0. The molecule has 27 heavy (non-hydrogen) atoms. The van der Waals surface area contributed by atoms with E-state index in [9.17, 15) is 10.1 Å². The smallest absolute Gasteiger partial charge is 0.454 e. The van der Waals surface area contributed by atoms with E-state index in [-0.39, 0.29) is 5.92 Å². The Labute approximate surface area is 159 Å². The van der Waals surface area contributed by atoms with Gasteiger partial charge in [-0.1, -0.05) is 6.92 Å². The third-order valence-corrected chi connectivity index (χ3v) is 4.47. The van der Waals surface area contributed by atoms with Gasteiger partial charge in [-0.2, -0.15) is 0 Å². The zero-order valence-corrected chi connectivity index (χ0v) is 15.9. The molecule has 0 spiro atoms. The van der Waals surface area contributed by atoms with Crippen LogP contribution < -0.4 is 9.47 Å². The Kier molecular flexibility index (Phi) is 6.31. The van der Waals surface area contributed by atoms with Crippen LogP contribution in [0.1, 0.15) is 43.7 Å². The van der Waals surface area contributed by atoms with Gasteiger partial charge in [-0.3, -0.25) is 0 Å². The van der Waals surface area contributed by atoms with Gasteiger partial charge in [0.25, 0.3) is 0 Å². The molecule has 2 N–H and O–H groups in total. The van der Waals surface area contributed by atoms with Crippen molar-refractivity contribution in [3.63, 3.8) is 0 Å². The third kappa shape index (κ3) is 4.58. The van der Waals surface area contributed by atoms with Gasteiger partial charge in [0.15, 0.2) is 17.3 Å². The highest BCUT2D eigenvalue weighted by Crippen LogP contribution is 2.34. The van der Waals surface area contributed by atoms with E-state index in [1.165, 1.54) is 0 Å². The number of hydrogen-bond acceptors (Lipinski definition) is 7. The summed E-state index contributed by atoms with van der Waals surface area (Å²) in [7, 11) is 0.820. The predicted molar refractivity (Wildman–Crippen MR) is 102 cm³/mol. The van der Waals surface area contributed by atoms with Gasteiger partial charge < -0.3 is 24.3 Å². The van der Waals surface area contributed by atoms with Gasteiger partial charge >= 0.3 is 7.12 Å². The fraction of sp³-hybridized carbons (Fsp3) is 0.474. The van der Waals surface area contributed by atoms with E-state index in [1.54, 1.807) is 20.1 Å². The molecule has 0 bridgehead atoms. The van der Waals surface area contributed by atoms with E-state index >= 15 is 0 Å². The van der Waals surface area contributed by atoms with E-state index in [0.717, 1.165) is 17.7 Å². The van der Waals surface area contributed by atoms with Crippen molar-refractivity contribution in [3.8, 4) is 22.9 Å². The number of aliphatic hydroxyl groups excluding tert-OH is 1. The summed E-state index contributed by atoms with van der Waals surface area (Å²) in [5, 5.41) is 19.7. The van der Waals surface area contributed by atoms with Gasteiger partial charge in [0.05, 0.1) is 25.5 Å². The lowest BCUT2D eigenvalue weighted by molar-refractivity contribution is 0.194. The standard InChI is InChI=1S/C19H25BN2O5/c1-4-7-26-18-8-13(5-6-17(18)25-3)19-21-15(12(2)23)9-16(22-19)14-10-20(24)27-11-14/h5-6,8-9,12,14,23-24H,4,7,10-11H2,1-3H3. The van der Waals surface area contributed by atoms with Crippen LogP contribution in [-0.2, 0) is 4.65 Å². The second-order valence-corrected chi connectivity index (χ2v) is 6.65. The molecule has 0 aliphatic carbocycles. The third-order valence-electron chi connectivity index (χ3n) is 4.47. The van der Waals surface area contributed by atoms with Gasteiger partial charge in [0, 0.05) is 23.8 Å². The maximum atomic E-state index is 10.1. The van der Waals surface area contributed by atoms with Crippen molar-refractivity contribution in [2.24, 2.45) is 0 Å². The Bertz CT molecular complexity index is 787. The lowest BCUT2D eigenvalue weighted by Gasteiger charge is -2.15. The first-order valence-corrected chi connectivity index (χ1v) is 9.19. The second kappa shape index (κ2) is 8.69. The molecule has 1 aliphatic rings. The van der Waals surface area contributed by atoms with Crippen LogP contribution in [0.4, 0.5) is 0 Å². The number of methoxy groups -OCH3 is 1. The maximum Gasteiger partial charge on any atom is 0.454 e. The molecule has 1 fully saturated rings. The van der Waals surface area contributed by atoms with E-state index in [1.807, 2.05) is 25.1 Å². The van der Waals surface area contributed by atoms with Crippen LogP contribution in [0.2, 0.25) is 6.32 Å². The number of ether oxygens (including phenoxy) is 2. The molecule has 1 aliphatic heterocycles. The molecule has 2 unspecified atom stereocenters. The van der Waals surface area contributed by atoms with Crippen molar-refractivity contribution in [2.75, 3.05) is 20.3 Å². The molecule has 0 saturated carbocycles. The molecule has 0 radical (unpaired) electrons. The Morgan fingerprint density at radius 3 is 2.74 bits per heavy atom. The molecule has 1 saturated heterocycles. The summed E-state index contributed by atoms with van der Waals surface area (Å²) in [6, 6.07) is 7.31. The summed E-state index contributed by atoms with van der Waals surface area (Å²) >= 11 is 0. The average molecular weight is 372 g/mol. The highest BCUT2D eigenvalue weighted by molar-refractivity contribution is 6.43. The van der Waals surface area contributed by atoms with E-state index < -0.39 is 13.2 Å². The quantitative estimate of drug-likeness (QED) is 0.722.